The molecule has 0 aromatic rings. The van der Waals surface area contributed by atoms with E-state index in [1.54, 1.807) is 0 Å². The molecule has 1 saturated heterocycles. The fraction of sp³-hybridized carbons (Fsp3) is 0.733. The van der Waals surface area contributed by atoms with Gasteiger partial charge in [-0.25, -0.2) is 0 Å². The van der Waals surface area contributed by atoms with Crippen molar-refractivity contribution in [2.75, 3.05) is 0 Å². The van der Waals surface area contributed by atoms with Crippen molar-refractivity contribution in [3.8, 4) is 0 Å². The highest BCUT2D eigenvalue weighted by atomic mass is 16.6. The van der Waals surface area contributed by atoms with Crippen LogP contribution in [0.1, 0.15) is 58.3 Å². The van der Waals surface area contributed by atoms with E-state index in [2.05, 4.69) is 31.2 Å². The van der Waals surface area contributed by atoms with E-state index in [0.717, 1.165) is 0 Å². The van der Waals surface area contributed by atoms with Gasteiger partial charge in [0.15, 0.2) is 0 Å². The molecule has 1 fully saturated rings. The average Bonchev–Trinajstić information content (AvgIpc) is 3.02. The van der Waals surface area contributed by atoms with Gasteiger partial charge in [-0.1, -0.05) is 70.1 Å². The van der Waals surface area contributed by atoms with E-state index in [0.29, 0.717) is 6.10 Å². The lowest BCUT2D eigenvalue weighted by Crippen LogP contribution is -2.12. The molecule has 0 bridgehead atoms. The van der Waals surface area contributed by atoms with Gasteiger partial charge >= 0.3 is 0 Å². The molecule has 2 rings (SSSR count). The van der Waals surface area contributed by atoms with Gasteiger partial charge in [-0.2, -0.15) is 0 Å². The van der Waals surface area contributed by atoms with Crippen LogP contribution in [0.25, 0.3) is 0 Å². The molecule has 0 radical (unpaired) electrons. The first kappa shape index (κ1) is 11.9. The smallest absolute Gasteiger partial charge is 0.117 e. The first-order valence-corrected chi connectivity index (χ1v) is 6.91. The Hall–Kier alpha value is -0.560. The van der Waals surface area contributed by atoms with Crippen LogP contribution in [-0.2, 0) is 4.74 Å². The van der Waals surface area contributed by atoms with Gasteiger partial charge in [0.2, 0.25) is 0 Å². The molecule has 90 valence electrons. The second-order valence-corrected chi connectivity index (χ2v) is 5.11. The highest BCUT2D eigenvalue weighted by Crippen LogP contribution is 2.45. The number of hydrogen-bond donors (Lipinski definition) is 0. The maximum absolute atomic E-state index is 5.74. The zero-order valence-electron chi connectivity index (χ0n) is 10.5. The Morgan fingerprint density at radius 2 is 1.75 bits per heavy atom. The van der Waals surface area contributed by atoms with Gasteiger partial charge in [0.05, 0.1) is 0 Å². The predicted molar refractivity (Wildman–Crippen MR) is 68.5 cm³/mol. The maximum atomic E-state index is 5.74. The van der Waals surface area contributed by atoms with Crippen molar-refractivity contribution in [1.29, 1.82) is 0 Å². The highest BCUT2D eigenvalue weighted by molar-refractivity contribution is 5.31. The van der Waals surface area contributed by atoms with Crippen molar-refractivity contribution in [3.63, 3.8) is 0 Å². The van der Waals surface area contributed by atoms with E-state index in [9.17, 15) is 0 Å². The van der Waals surface area contributed by atoms with E-state index in [1.165, 1.54) is 51.4 Å². The van der Waals surface area contributed by atoms with E-state index in [4.69, 9.17) is 4.74 Å². The Balaban J connectivity index is 1.50. The number of rotatable bonds is 8. The molecule has 2 atom stereocenters. The number of epoxide rings is 1. The van der Waals surface area contributed by atoms with Crippen molar-refractivity contribution >= 4 is 0 Å². The standard InChI is InChI=1S/C15H24O/c1-2-3-4-5-6-7-9-12-15-13-10-8-11-14(15)16-15/h8,10-11,13-14H,2-7,9,12H2,1H3. The number of ether oxygens (including phenoxy) is 1. The Kier molecular flexibility index (Phi) is 4.22. The summed E-state index contributed by atoms with van der Waals surface area (Å²) in [5, 5.41) is 0. The topological polar surface area (TPSA) is 12.5 Å². The minimum absolute atomic E-state index is 0.123. The lowest BCUT2D eigenvalue weighted by Gasteiger charge is -2.08. The summed E-state index contributed by atoms with van der Waals surface area (Å²) in [7, 11) is 0. The molecule has 0 N–H and O–H groups in total. The molecule has 0 amide bonds. The third kappa shape index (κ3) is 2.98. The van der Waals surface area contributed by atoms with Crippen LogP contribution in [0, 0.1) is 0 Å². The van der Waals surface area contributed by atoms with Gasteiger partial charge in [-0.05, 0) is 12.5 Å². The Labute approximate surface area is 99.6 Å². The molecular weight excluding hydrogens is 196 g/mol. The molecule has 1 aliphatic heterocycles. The first-order chi connectivity index (χ1) is 7.87. The van der Waals surface area contributed by atoms with Gasteiger partial charge in [0.1, 0.15) is 11.7 Å². The SMILES string of the molecule is CCCCCCCCCC12C=CC=CC1O2. The van der Waals surface area contributed by atoms with Crippen LogP contribution in [0.5, 0.6) is 0 Å². The van der Waals surface area contributed by atoms with E-state index in [1.807, 2.05) is 0 Å². The summed E-state index contributed by atoms with van der Waals surface area (Å²) in [5.41, 5.74) is 0.123. The van der Waals surface area contributed by atoms with Crippen molar-refractivity contribution in [2.24, 2.45) is 0 Å². The van der Waals surface area contributed by atoms with Crippen LogP contribution < -0.4 is 0 Å². The summed E-state index contributed by atoms with van der Waals surface area (Å²) in [6.45, 7) is 2.27. The third-order valence-electron chi connectivity index (χ3n) is 3.72. The van der Waals surface area contributed by atoms with Crippen LogP contribution in [0.15, 0.2) is 24.3 Å². The van der Waals surface area contributed by atoms with Gasteiger partial charge in [-0.3, -0.25) is 0 Å². The molecular formula is C15H24O. The largest absolute Gasteiger partial charge is 0.357 e. The number of unbranched alkanes of at least 4 members (excludes halogenated alkanes) is 6. The Morgan fingerprint density at radius 1 is 1.00 bits per heavy atom. The molecule has 1 heterocycles. The molecule has 0 aromatic heterocycles. The predicted octanol–water partition coefficient (Wildman–Crippen LogP) is 4.39. The summed E-state index contributed by atoms with van der Waals surface area (Å²) in [5.74, 6) is 0. The van der Waals surface area contributed by atoms with Crippen LogP contribution >= 0.6 is 0 Å². The van der Waals surface area contributed by atoms with Gasteiger partial charge in [0.25, 0.3) is 0 Å². The van der Waals surface area contributed by atoms with E-state index < -0.39 is 0 Å². The average molecular weight is 220 g/mol. The summed E-state index contributed by atoms with van der Waals surface area (Å²) in [4.78, 5) is 0. The van der Waals surface area contributed by atoms with Crippen LogP contribution in [0.3, 0.4) is 0 Å². The summed E-state index contributed by atoms with van der Waals surface area (Å²) < 4.78 is 5.74. The van der Waals surface area contributed by atoms with Crippen molar-refractivity contribution in [1.82, 2.24) is 0 Å². The van der Waals surface area contributed by atoms with Crippen molar-refractivity contribution in [2.45, 2.75) is 70.0 Å². The number of hydrogen-bond acceptors (Lipinski definition) is 1. The monoisotopic (exact) mass is 220 g/mol. The number of fused-ring (bicyclic) bond motifs is 1. The molecule has 1 aliphatic carbocycles. The Morgan fingerprint density at radius 3 is 2.50 bits per heavy atom. The summed E-state index contributed by atoms with van der Waals surface area (Å²) in [6.07, 6.45) is 20.0. The summed E-state index contributed by atoms with van der Waals surface area (Å²) >= 11 is 0. The molecule has 1 nitrogen and oxygen atoms in total. The normalized spacial score (nSPS) is 30.4. The van der Waals surface area contributed by atoms with Gasteiger partial charge < -0.3 is 4.74 Å². The lowest BCUT2D eigenvalue weighted by atomic mass is 9.94. The third-order valence-corrected chi connectivity index (χ3v) is 3.72. The van der Waals surface area contributed by atoms with Crippen LogP contribution in [0.2, 0.25) is 0 Å². The van der Waals surface area contributed by atoms with Crippen LogP contribution in [0.4, 0.5) is 0 Å². The molecule has 16 heavy (non-hydrogen) atoms. The minimum Gasteiger partial charge on any atom is -0.357 e. The molecule has 2 aliphatic rings. The fourth-order valence-corrected chi connectivity index (χ4v) is 2.57. The summed E-state index contributed by atoms with van der Waals surface area (Å²) in [6, 6.07) is 0. The zero-order chi connectivity index (χ0) is 11.3. The molecule has 1 heteroatoms. The van der Waals surface area contributed by atoms with Gasteiger partial charge in [0, 0.05) is 0 Å². The molecule has 0 spiro atoms. The van der Waals surface area contributed by atoms with E-state index in [-0.39, 0.29) is 5.60 Å². The van der Waals surface area contributed by atoms with Gasteiger partial charge in [-0.15, -0.1) is 0 Å². The lowest BCUT2D eigenvalue weighted by molar-refractivity contribution is 0.321. The second kappa shape index (κ2) is 5.67. The van der Waals surface area contributed by atoms with E-state index >= 15 is 0 Å². The molecule has 2 unspecified atom stereocenters. The van der Waals surface area contributed by atoms with Crippen molar-refractivity contribution < 1.29 is 4.74 Å². The van der Waals surface area contributed by atoms with Crippen LogP contribution in [-0.4, -0.2) is 11.7 Å². The fourth-order valence-electron chi connectivity index (χ4n) is 2.57. The quantitative estimate of drug-likeness (QED) is 0.436. The van der Waals surface area contributed by atoms with Crippen molar-refractivity contribution in [3.05, 3.63) is 24.3 Å². The number of allylic oxidation sites excluding steroid dienone is 2. The Bertz CT molecular complexity index is 267. The molecule has 0 aromatic carbocycles. The minimum atomic E-state index is 0.123. The highest BCUT2D eigenvalue weighted by Gasteiger charge is 2.52. The second-order valence-electron chi connectivity index (χ2n) is 5.11. The first-order valence-electron chi connectivity index (χ1n) is 6.91. The zero-order valence-corrected chi connectivity index (χ0v) is 10.5. The molecule has 0 saturated carbocycles. The maximum Gasteiger partial charge on any atom is 0.117 e.